The van der Waals surface area contributed by atoms with Gasteiger partial charge in [-0.25, -0.2) is 9.97 Å². The summed E-state index contributed by atoms with van der Waals surface area (Å²) in [7, 11) is 0. The standard InChI is InChI=1S/C21H27N5O2/c1-2-10-25(9-1)18-5-3-17(4-6-18)24-19-15-20(23-16-22-19)26-11-7-21(8-12-26)27-13-14-28-21/h3-6,15-16H,1-2,7-14H2,(H,22,23,24). The molecule has 5 rings (SSSR count). The van der Waals surface area contributed by atoms with E-state index in [1.165, 1.54) is 18.5 Å². The molecule has 0 radical (unpaired) electrons. The van der Waals surface area contributed by atoms with Crippen LogP contribution in [0.25, 0.3) is 0 Å². The van der Waals surface area contributed by atoms with Gasteiger partial charge in [-0.05, 0) is 37.1 Å². The number of anilines is 4. The van der Waals surface area contributed by atoms with Gasteiger partial charge in [-0.1, -0.05) is 0 Å². The molecule has 0 aliphatic carbocycles. The first-order valence-corrected chi connectivity index (χ1v) is 10.3. The number of nitrogens with zero attached hydrogens (tertiary/aromatic N) is 4. The predicted molar refractivity (Wildman–Crippen MR) is 109 cm³/mol. The fourth-order valence-corrected chi connectivity index (χ4v) is 4.33. The summed E-state index contributed by atoms with van der Waals surface area (Å²) in [6.07, 6.45) is 5.96. The van der Waals surface area contributed by atoms with Crippen LogP contribution in [0.4, 0.5) is 23.0 Å². The summed E-state index contributed by atoms with van der Waals surface area (Å²) in [4.78, 5) is 13.6. The summed E-state index contributed by atoms with van der Waals surface area (Å²) in [5.41, 5.74) is 2.34. The van der Waals surface area contributed by atoms with Gasteiger partial charge in [-0.15, -0.1) is 0 Å². The van der Waals surface area contributed by atoms with Gasteiger partial charge in [0.15, 0.2) is 5.79 Å². The van der Waals surface area contributed by atoms with Crippen LogP contribution in [0, 0.1) is 0 Å². The minimum absolute atomic E-state index is 0.359. The number of rotatable bonds is 4. The lowest BCUT2D eigenvalue weighted by atomic mass is 10.0. The molecule has 0 atom stereocenters. The number of aromatic nitrogens is 2. The summed E-state index contributed by atoms with van der Waals surface area (Å²) in [6.45, 7) is 5.49. The third-order valence-corrected chi connectivity index (χ3v) is 5.93. The molecule has 7 heteroatoms. The SMILES string of the molecule is c1nc(Nc2ccc(N3CCCC3)cc2)cc(N2CCC3(CC2)OCCO3)n1. The molecule has 1 aromatic heterocycles. The Hall–Kier alpha value is -2.38. The van der Waals surface area contributed by atoms with Gasteiger partial charge in [0.25, 0.3) is 0 Å². The van der Waals surface area contributed by atoms with Crippen LogP contribution in [-0.4, -0.2) is 55.1 Å². The minimum atomic E-state index is -0.359. The third kappa shape index (κ3) is 3.64. The Bertz CT molecular complexity index is 791. The van der Waals surface area contributed by atoms with Gasteiger partial charge in [-0.3, -0.25) is 0 Å². The highest BCUT2D eigenvalue weighted by Crippen LogP contribution is 2.33. The highest BCUT2D eigenvalue weighted by molar-refractivity contribution is 5.62. The molecule has 148 valence electrons. The van der Waals surface area contributed by atoms with E-state index in [0.717, 1.165) is 56.3 Å². The van der Waals surface area contributed by atoms with Crippen molar-refractivity contribution >= 4 is 23.0 Å². The van der Waals surface area contributed by atoms with E-state index in [-0.39, 0.29) is 5.79 Å². The average molecular weight is 381 g/mol. The van der Waals surface area contributed by atoms with Crippen molar-refractivity contribution < 1.29 is 9.47 Å². The van der Waals surface area contributed by atoms with Crippen molar-refractivity contribution in [2.24, 2.45) is 0 Å². The van der Waals surface area contributed by atoms with Crippen LogP contribution in [0.3, 0.4) is 0 Å². The number of benzene rings is 1. The van der Waals surface area contributed by atoms with Gasteiger partial charge in [0, 0.05) is 56.5 Å². The summed E-state index contributed by atoms with van der Waals surface area (Å²) in [5, 5.41) is 3.40. The Morgan fingerprint density at radius 2 is 1.57 bits per heavy atom. The molecular weight excluding hydrogens is 354 g/mol. The van der Waals surface area contributed by atoms with Gasteiger partial charge in [-0.2, -0.15) is 0 Å². The lowest BCUT2D eigenvalue weighted by Crippen LogP contribution is -2.45. The van der Waals surface area contributed by atoms with Gasteiger partial charge >= 0.3 is 0 Å². The Labute approximate surface area is 165 Å². The summed E-state index contributed by atoms with van der Waals surface area (Å²) in [6, 6.07) is 10.6. The molecule has 2 aromatic rings. The van der Waals surface area contributed by atoms with E-state index in [9.17, 15) is 0 Å². The van der Waals surface area contributed by atoms with Crippen LogP contribution in [-0.2, 0) is 9.47 Å². The second kappa shape index (κ2) is 7.56. The molecule has 7 nitrogen and oxygen atoms in total. The van der Waals surface area contributed by atoms with Crippen molar-refractivity contribution in [3.63, 3.8) is 0 Å². The number of hydrogen-bond donors (Lipinski definition) is 1. The Morgan fingerprint density at radius 3 is 2.29 bits per heavy atom. The van der Waals surface area contributed by atoms with Crippen LogP contribution < -0.4 is 15.1 Å². The third-order valence-electron chi connectivity index (χ3n) is 5.93. The molecule has 1 aromatic carbocycles. The predicted octanol–water partition coefficient (Wildman–Crippen LogP) is 3.16. The highest BCUT2D eigenvalue weighted by Gasteiger charge is 2.40. The Balaban J connectivity index is 1.23. The van der Waals surface area contributed by atoms with Crippen LogP contribution in [0.2, 0.25) is 0 Å². The molecule has 3 aliphatic rings. The molecule has 0 bridgehead atoms. The zero-order valence-corrected chi connectivity index (χ0v) is 16.1. The van der Waals surface area contributed by atoms with E-state index in [0.29, 0.717) is 13.2 Å². The zero-order valence-electron chi connectivity index (χ0n) is 16.1. The molecule has 0 amide bonds. The molecule has 0 unspecified atom stereocenters. The van der Waals surface area contributed by atoms with E-state index in [2.05, 4.69) is 49.4 Å². The first-order valence-electron chi connectivity index (χ1n) is 10.3. The quantitative estimate of drug-likeness (QED) is 0.873. The van der Waals surface area contributed by atoms with Crippen LogP contribution >= 0.6 is 0 Å². The Kier molecular flexibility index (Phi) is 4.78. The lowest BCUT2D eigenvalue weighted by Gasteiger charge is -2.38. The molecule has 1 spiro atoms. The lowest BCUT2D eigenvalue weighted by molar-refractivity contribution is -0.169. The molecular formula is C21H27N5O2. The monoisotopic (exact) mass is 381 g/mol. The van der Waals surface area contributed by atoms with Gasteiger partial charge in [0.1, 0.15) is 18.0 Å². The zero-order chi connectivity index (χ0) is 18.8. The topological polar surface area (TPSA) is 62.8 Å². The number of ether oxygens (including phenoxy) is 2. The highest BCUT2D eigenvalue weighted by atomic mass is 16.7. The average Bonchev–Trinajstić information content (AvgIpc) is 3.42. The fraction of sp³-hybridized carbons (Fsp3) is 0.524. The smallest absolute Gasteiger partial charge is 0.171 e. The maximum Gasteiger partial charge on any atom is 0.171 e. The van der Waals surface area contributed by atoms with E-state index in [1.54, 1.807) is 6.33 Å². The first kappa shape index (κ1) is 17.7. The number of hydrogen-bond acceptors (Lipinski definition) is 7. The number of piperidine rings is 1. The minimum Gasteiger partial charge on any atom is -0.372 e. The molecule has 3 saturated heterocycles. The molecule has 3 fully saturated rings. The summed E-state index contributed by atoms with van der Waals surface area (Å²) >= 11 is 0. The van der Waals surface area contributed by atoms with Gasteiger partial charge in [0.05, 0.1) is 13.2 Å². The van der Waals surface area contributed by atoms with Crippen molar-refractivity contribution in [2.75, 3.05) is 54.5 Å². The van der Waals surface area contributed by atoms with Crippen molar-refractivity contribution in [2.45, 2.75) is 31.5 Å². The largest absolute Gasteiger partial charge is 0.372 e. The van der Waals surface area contributed by atoms with E-state index in [4.69, 9.17) is 9.47 Å². The molecule has 0 saturated carbocycles. The van der Waals surface area contributed by atoms with Gasteiger partial charge in [0.2, 0.25) is 0 Å². The van der Waals surface area contributed by atoms with Crippen molar-refractivity contribution in [3.05, 3.63) is 36.7 Å². The van der Waals surface area contributed by atoms with Crippen LogP contribution in [0.15, 0.2) is 36.7 Å². The van der Waals surface area contributed by atoms with E-state index in [1.807, 2.05) is 6.07 Å². The maximum absolute atomic E-state index is 5.82. The van der Waals surface area contributed by atoms with Gasteiger partial charge < -0.3 is 24.6 Å². The summed E-state index contributed by atoms with van der Waals surface area (Å²) < 4.78 is 11.6. The van der Waals surface area contributed by atoms with E-state index >= 15 is 0 Å². The van der Waals surface area contributed by atoms with E-state index < -0.39 is 0 Å². The maximum atomic E-state index is 5.82. The normalized spacial score (nSPS) is 21.4. The Morgan fingerprint density at radius 1 is 0.857 bits per heavy atom. The first-order chi connectivity index (χ1) is 13.8. The molecule has 3 aliphatic heterocycles. The molecule has 4 heterocycles. The van der Waals surface area contributed by atoms with Crippen molar-refractivity contribution in [3.8, 4) is 0 Å². The van der Waals surface area contributed by atoms with Crippen LogP contribution in [0.5, 0.6) is 0 Å². The second-order valence-corrected chi connectivity index (χ2v) is 7.72. The fourth-order valence-electron chi connectivity index (χ4n) is 4.33. The van der Waals surface area contributed by atoms with Crippen molar-refractivity contribution in [1.29, 1.82) is 0 Å². The second-order valence-electron chi connectivity index (χ2n) is 7.72. The number of nitrogens with one attached hydrogen (secondary N) is 1. The summed E-state index contributed by atoms with van der Waals surface area (Å²) in [5.74, 6) is 1.40. The molecule has 1 N–H and O–H groups in total. The van der Waals surface area contributed by atoms with Crippen LogP contribution in [0.1, 0.15) is 25.7 Å². The molecule has 28 heavy (non-hydrogen) atoms. The van der Waals surface area contributed by atoms with Crippen molar-refractivity contribution in [1.82, 2.24) is 9.97 Å².